The maximum Gasteiger partial charge on any atom is 0.404 e. The van der Waals surface area contributed by atoms with E-state index in [-0.39, 0.29) is 18.9 Å². The molecule has 1 aromatic carbocycles. The summed E-state index contributed by atoms with van der Waals surface area (Å²) < 4.78 is 0. The van der Waals surface area contributed by atoms with Crippen molar-refractivity contribution in [2.75, 3.05) is 13.1 Å². The van der Waals surface area contributed by atoms with Crippen LogP contribution < -0.4 is 5.32 Å². The molecule has 1 saturated heterocycles. The Balaban J connectivity index is 2.16. The van der Waals surface area contributed by atoms with E-state index >= 15 is 0 Å². The van der Waals surface area contributed by atoms with Gasteiger partial charge in [-0.15, -0.1) is 0 Å². The van der Waals surface area contributed by atoms with E-state index in [4.69, 9.17) is 4.98 Å². The summed E-state index contributed by atoms with van der Waals surface area (Å²) >= 11 is 0. The highest BCUT2D eigenvalue weighted by atomic mass is 16.4. The minimum Gasteiger partial charge on any atom is -0.465 e. The first-order valence-electron chi connectivity index (χ1n) is 11.1. The molecule has 2 amide bonds. The molecule has 2 aromatic rings. The number of pyridine rings is 1. The number of hydrogen-bond acceptors (Lipinski definition) is 3. The Bertz CT molecular complexity index is 945. The van der Waals surface area contributed by atoms with Crippen molar-refractivity contribution < 1.29 is 14.7 Å². The number of nitrogens with zero attached hydrogens (tertiary/aromatic N) is 2. The second-order valence-electron chi connectivity index (χ2n) is 8.86. The monoisotopic (exact) mass is 423 g/mol. The topological polar surface area (TPSA) is 82.5 Å². The van der Waals surface area contributed by atoms with Gasteiger partial charge in [0.25, 0.3) is 0 Å². The number of nitrogens with one attached hydrogen (secondary N) is 1. The number of aromatic nitrogens is 1. The maximum atomic E-state index is 13.0. The van der Waals surface area contributed by atoms with Gasteiger partial charge >= 0.3 is 6.09 Å². The molecule has 0 aliphatic carbocycles. The van der Waals surface area contributed by atoms with Gasteiger partial charge in [-0.1, -0.05) is 43.7 Å². The third kappa shape index (κ3) is 5.63. The minimum absolute atomic E-state index is 0.115. The molecular weight excluding hydrogens is 390 g/mol. The zero-order chi connectivity index (χ0) is 22.5. The van der Waals surface area contributed by atoms with Crippen molar-refractivity contribution in [1.29, 1.82) is 0 Å². The van der Waals surface area contributed by atoms with Crippen LogP contribution in [0.2, 0.25) is 0 Å². The molecule has 1 fully saturated rings. The third-order valence-electron chi connectivity index (χ3n) is 5.84. The van der Waals surface area contributed by atoms with E-state index < -0.39 is 6.09 Å². The predicted molar refractivity (Wildman–Crippen MR) is 122 cm³/mol. The van der Waals surface area contributed by atoms with E-state index in [0.717, 1.165) is 71.6 Å². The van der Waals surface area contributed by atoms with Gasteiger partial charge in [-0.25, -0.2) is 4.79 Å². The molecule has 1 aliphatic heterocycles. The number of aryl methyl sites for hydroxylation is 2. The Morgan fingerprint density at radius 3 is 2.32 bits per heavy atom. The highest BCUT2D eigenvalue weighted by molar-refractivity contribution is 5.84. The van der Waals surface area contributed by atoms with Crippen LogP contribution in [0, 0.1) is 19.8 Å². The molecule has 6 nitrogen and oxygen atoms in total. The molecule has 0 bridgehead atoms. The van der Waals surface area contributed by atoms with E-state index in [1.807, 2.05) is 30.9 Å². The van der Waals surface area contributed by atoms with Crippen molar-refractivity contribution in [2.45, 2.75) is 59.9 Å². The van der Waals surface area contributed by atoms with Gasteiger partial charge in [0.1, 0.15) is 0 Å². The first-order valence-corrected chi connectivity index (χ1v) is 11.1. The number of rotatable bonds is 7. The second kappa shape index (κ2) is 9.94. The Labute approximate surface area is 184 Å². The predicted octanol–water partition coefficient (Wildman–Crippen LogP) is 4.50. The summed E-state index contributed by atoms with van der Waals surface area (Å²) in [5.74, 6) is 0.489. The van der Waals surface area contributed by atoms with Gasteiger partial charge in [0.05, 0.1) is 6.42 Å². The number of carbonyl (C=O) groups excluding carboxylic acids is 1. The Morgan fingerprint density at radius 2 is 1.74 bits per heavy atom. The zero-order valence-electron chi connectivity index (χ0n) is 19.0. The molecule has 31 heavy (non-hydrogen) atoms. The molecule has 0 unspecified atom stereocenters. The van der Waals surface area contributed by atoms with E-state index in [1.165, 1.54) is 0 Å². The molecule has 3 rings (SSSR count). The van der Waals surface area contributed by atoms with E-state index in [1.54, 1.807) is 0 Å². The van der Waals surface area contributed by atoms with Crippen molar-refractivity contribution >= 4 is 12.0 Å². The number of hydrogen-bond donors (Lipinski definition) is 2. The van der Waals surface area contributed by atoms with Crippen molar-refractivity contribution in [2.24, 2.45) is 5.92 Å². The van der Waals surface area contributed by atoms with Crippen LogP contribution in [0.1, 0.15) is 54.8 Å². The Hall–Kier alpha value is -2.89. The highest BCUT2D eigenvalue weighted by Gasteiger charge is 2.25. The van der Waals surface area contributed by atoms with Crippen LogP contribution in [0.15, 0.2) is 24.3 Å². The molecule has 0 radical (unpaired) electrons. The fraction of sp³-hybridized carbons (Fsp3) is 0.480. The largest absolute Gasteiger partial charge is 0.465 e. The van der Waals surface area contributed by atoms with Gasteiger partial charge in [-0.05, 0) is 55.7 Å². The SMILES string of the molecule is Cc1ccc(-c2c(CC(=O)N3CCCC3)c(C)nc(CC(C)C)c2CNC(=O)O)cc1. The van der Waals surface area contributed by atoms with Gasteiger partial charge in [0, 0.05) is 36.6 Å². The number of carboxylic acid groups (broad SMARTS) is 1. The summed E-state index contributed by atoms with van der Waals surface area (Å²) in [5, 5.41) is 11.8. The van der Waals surface area contributed by atoms with E-state index in [9.17, 15) is 14.7 Å². The van der Waals surface area contributed by atoms with Crippen molar-refractivity contribution in [3.8, 4) is 11.1 Å². The summed E-state index contributed by atoms with van der Waals surface area (Å²) in [7, 11) is 0. The molecule has 1 aliphatic rings. The summed E-state index contributed by atoms with van der Waals surface area (Å²) in [6, 6.07) is 8.20. The number of likely N-dealkylation sites (tertiary alicyclic amines) is 1. The molecule has 0 saturated carbocycles. The molecule has 1 aromatic heterocycles. The van der Waals surface area contributed by atoms with Crippen LogP contribution in [0.4, 0.5) is 4.79 Å². The van der Waals surface area contributed by atoms with Crippen LogP contribution in [0.5, 0.6) is 0 Å². The molecule has 0 atom stereocenters. The molecule has 2 N–H and O–H groups in total. The van der Waals surface area contributed by atoms with Crippen LogP contribution in [0.3, 0.4) is 0 Å². The first kappa shape index (κ1) is 22.8. The summed E-state index contributed by atoms with van der Waals surface area (Å²) in [5.41, 5.74) is 6.60. The third-order valence-corrected chi connectivity index (χ3v) is 5.84. The molecule has 2 heterocycles. The fourth-order valence-corrected chi connectivity index (χ4v) is 4.27. The fourth-order valence-electron chi connectivity index (χ4n) is 4.27. The average Bonchev–Trinajstić information content (AvgIpc) is 3.24. The average molecular weight is 424 g/mol. The maximum absolute atomic E-state index is 13.0. The number of benzene rings is 1. The number of carbonyl (C=O) groups is 2. The van der Waals surface area contributed by atoms with E-state index in [2.05, 4.69) is 31.3 Å². The van der Waals surface area contributed by atoms with Crippen molar-refractivity contribution in [1.82, 2.24) is 15.2 Å². The molecular formula is C25H33N3O3. The normalized spacial score (nSPS) is 13.6. The molecule has 6 heteroatoms. The standard InChI is InChI=1S/C25H33N3O3/c1-16(2)13-22-21(15-26-25(30)31)24(19-9-7-17(3)8-10-19)20(18(4)27-22)14-23(29)28-11-5-6-12-28/h7-10,16,26H,5-6,11-15H2,1-4H3,(H,30,31). The summed E-state index contributed by atoms with van der Waals surface area (Å²) in [6.45, 7) is 10.0. The molecule has 0 spiro atoms. The molecule has 166 valence electrons. The van der Waals surface area contributed by atoms with Gasteiger partial charge in [-0.3, -0.25) is 9.78 Å². The quantitative estimate of drug-likeness (QED) is 0.687. The summed E-state index contributed by atoms with van der Waals surface area (Å²) in [4.78, 5) is 31.1. The van der Waals surface area contributed by atoms with Crippen molar-refractivity contribution in [3.63, 3.8) is 0 Å². The summed E-state index contributed by atoms with van der Waals surface area (Å²) in [6.07, 6.45) is 2.06. The van der Waals surface area contributed by atoms with Gasteiger partial charge in [0.2, 0.25) is 5.91 Å². The van der Waals surface area contributed by atoms with Crippen LogP contribution in [-0.4, -0.2) is 40.1 Å². The Morgan fingerprint density at radius 1 is 1.10 bits per heavy atom. The first-order chi connectivity index (χ1) is 14.8. The van der Waals surface area contributed by atoms with Gasteiger partial charge in [-0.2, -0.15) is 0 Å². The smallest absolute Gasteiger partial charge is 0.404 e. The lowest BCUT2D eigenvalue weighted by atomic mass is 9.88. The van der Waals surface area contributed by atoms with E-state index in [0.29, 0.717) is 5.92 Å². The van der Waals surface area contributed by atoms with Crippen LogP contribution in [-0.2, 0) is 24.2 Å². The lowest BCUT2D eigenvalue weighted by Gasteiger charge is -2.23. The Kier molecular flexibility index (Phi) is 7.31. The highest BCUT2D eigenvalue weighted by Crippen LogP contribution is 2.33. The lowest BCUT2D eigenvalue weighted by Crippen LogP contribution is -2.30. The van der Waals surface area contributed by atoms with Crippen molar-refractivity contribution in [3.05, 3.63) is 52.3 Å². The van der Waals surface area contributed by atoms with Gasteiger partial charge in [0.15, 0.2) is 0 Å². The lowest BCUT2D eigenvalue weighted by molar-refractivity contribution is -0.129. The zero-order valence-corrected chi connectivity index (χ0v) is 19.0. The number of amides is 2. The van der Waals surface area contributed by atoms with Crippen LogP contribution in [0.25, 0.3) is 11.1 Å². The minimum atomic E-state index is -1.07. The second-order valence-corrected chi connectivity index (χ2v) is 8.86. The van der Waals surface area contributed by atoms with Gasteiger partial charge < -0.3 is 15.3 Å². The van der Waals surface area contributed by atoms with Crippen LogP contribution >= 0.6 is 0 Å².